The molecule has 9 atom stereocenters. The Morgan fingerprint density at radius 1 is 0.857 bits per heavy atom. The summed E-state index contributed by atoms with van der Waals surface area (Å²) in [4.78, 5) is 25.9. The molecular formula is C28H30O14. The van der Waals surface area contributed by atoms with Gasteiger partial charge in [-0.15, -0.1) is 0 Å². The smallest absolute Gasteiger partial charge is 0.197 e. The number of ketones is 1. The van der Waals surface area contributed by atoms with E-state index in [2.05, 4.69) is 0 Å². The second kappa shape index (κ2) is 11.1. The number of fused-ring (bicyclic) bond motifs is 1. The Morgan fingerprint density at radius 2 is 1.57 bits per heavy atom. The maximum Gasteiger partial charge on any atom is 0.197 e. The lowest BCUT2D eigenvalue weighted by Crippen LogP contribution is -2.60. The second-order valence-electron chi connectivity index (χ2n) is 10.2. The summed E-state index contributed by atoms with van der Waals surface area (Å²) in [5.41, 5.74) is -1.03. The molecular weight excluding hydrogens is 560 g/mol. The molecule has 2 fully saturated rings. The van der Waals surface area contributed by atoms with Crippen molar-refractivity contribution in [2.75, 3.05) is 7.11 Å². The van der Waals surface area contributed by atoms with Gasteiger partial charge in [-0.3, -0.25) is 9.59 Å². The molecule has 42 heavy (non-hydrogen) atoms. The fraction of sp³-hybridized carbons (Fsp3) is 0.429. The number of carbonyl (C=O) groups is 1. The number of phenols is 3. The first-order valence-corrected chi connectivity index (χ1v) is 13.0. The van der Waals surface area contributed by atoms with Crippen LogP contribution in [0.25, 0.3) is 22.3 Å². The van der Waals surface area contributed by atoms with Crippen molar-refractivity contribution in [1.29, 1.82) is 0 Å². The Bertz CT molecular complexity index is 1570. The van der Waals surface area contributed by atoms with Gasteiger partial charge in [-0.2, -0.15) is 0 Å². The summed E-state index contributed by atoms with van der Waals surface area (Å²) in [6.45, 7) is 2.72. The van der Waals surface area contributed by atoms with Crippen LogP contribution in [0.3, 0.4) is 0 Å². The van der Waals surface area contributed by atoms with E-state index in [0.717, 1.165) is 12.1 Å². The van der Waals surface area contributed by atoms with E-state index in [9.17, 15) is 45.3 Å². The Labute approximate surface area is 237 Å². The number of aliphatic hydroxyl groups is 4. The van der Waals surface area contributed by atoms with E-state index in [1.165, 1.54) is 39.2 Å². The van der Waals surface area contributed by atoms with E-state index in [0.29, 0.717) is 5.56 Å². The minimum absolute atomic E-state index is 0.0282. The van der Waals surface area contributed by atoms with Crippen LogP contribution in [0, 0.1) is 0 Å². The molecule has 0 aliphatic carbocycles. The lowest BCUT2D eigenvalue weighted by Gasteiger charge is -2.44. The highest BCUT2D eigenvalue weighted by atomic mass is 16.7. The summed E-state index contributed by atoms with van der Waals surface area (Å²) in [5.74, 6) is -2.25. The lowest BCUT2D eigenvalue weighted by atomic mass is 9.90. The standard InChI is InChI=1S/C28H30O14/c1-9-21(33)24(36)27(42-28-25(37)23(35)20(32)10(2)40-28)26(39-9)19-14(31)8-17-18(22(19)34)13(30)7-15(41-17)11-4-5-12(29)16(6-11)38-3/h4-10,20,23-29,31-32,34-37H,1-3H3/t9-,10-,20+,23+,24+,25-,26+,27+,28+/m1/s1. The number of rotatable bonds is 5. The third-order valence-corrected chi connectivity index (χ3v) is 7.51. The summed E-state index contributed by atoms with van der Waals surface area (Å²) in [7, 11) is 1.34. The minimum atomic E-state index is -1.91. The monoisotopic (exact) mass is 590 g/mol. The van der Waals surface area contributed by atoms with Crippen molar-refractivity contribution in [3.63, 3.8) is 0 Å². The molecule has 14 nitrogen and oxygen atoms in total. The van der Waals surface area contributed by atoms with Crippen molar-refractivity contribution in [2.45, 2.75) is 69.0 Å². The highest BCUT2D eigenvalue weighted by Crippen LogP contribution is 2.45. The summed E-state index contributed by atoms with van der Waals surface area (Å²) in [6.07, 6.45) is -14.1. The van der Waals surface area contributed by atoms with Crippen LogP contribution in [0.5, 0.6) is 23.0 Å². The van der Waals surface area contributed by atoms with Gasteiger partial charge < -0.3 is 59.1 Å². The SMILES string of the molecule is COc1cc(-c2cc(=O)c3c(O)c([C@@H]4O[C@H](C)C(=O)[C@H](O)[C@@H]4O[C@@H]4O[C@H](C)[C@H](O)[C@H](O)[C@H]4O)c(O)cc3o2)ccc1O. The highest BCUT2D eigenvalue weighted by Gasteiger charge is 2.50. The number of aromatic hydroxyl groups is 3. The van der Waals surface area contributed by atoms with Crippen molar-refractivity contribution in [3.05, 3.63) is 46.1 Å². The van der Waals surface area contributed by atoms with Gasteiger partial charge in [0.1, 0.15) is 71.0 Å². The van der Waals surface area contributed by atoms with Crippen LogP contribution in [0.1, 0.15) is 25.5 Å². The molecule has 2 saturated heterocycles. The number of hydrogen-bond acceptors (Lipinski definition) is 14. The molecule has 0 amide bonds. The average Bonchev–Trinajstić information content (AvgIpc) is 2.95. The third kappa shape index (κ3) is 4.96. The highest BCUT2D eigenvalue weighted by molar-refractivity contribution is 5.90. The second-order valence-corrected chi connectivity index (χ2v) is 10.2. The molecule has 0 radical (unpaired) electrons. The topological polar surface area (TPSA) is 226 Å². The molecule has 3 aromatic rings. The van der Waals surface area contributed by atoms with E-state index in [-0.39, 0.29) is 28.2 Å². The molecule has 14 heteroatoms. The zero-order valence-corrected chi connectivity index (χ0v) is 22.6. The van der Waals surface area contributed by atoms with Crippen LogP contribution in [-0.2, 0) is 19.0 Å². The van der Waals surface area contributed by atoms with Gasteiger partial charge in [0.15, 0.2) is 29.0 Å². The number of aliphatic hydroxyl groups excluding tert-OH is 4. The van der Waals surface area contributed by atoms with Gasteiger partial charge in [-0.05, 0) is 32.0 Å². The molecule has 1 aromatic heterocycles. The van der Waals surface area contributed by atoms with E-state index in [1.54, 1.807) is 0 Å². The van der Waals surface area contributed by atoms with Crippen LogP contribution >= 0.6 is 0 Å². The molecule has 0 spiro atoms. The molecule has 5 rings (SSSR count). The molecule has 0 bridgehead atoms. The summed E-state index contributed by atoms with van der Waals surface area (Å²) >= 11 is 0. The largest absolute Gasteiger partial charge is 0.507 e. The van der Waals surface area contributed by atoms with E-state index in [1.807, 2.05) is 0 Å². The maximum absolute atomic E-state index is 13.2. The van der Waals surface area contributed by atoms with Gasteiger partial charge in [0.2, 0.25) is 0 Å². The molecule has 7 N–H and O–H groups in total. The average molecular weight is 591 g/mol. The number of carbonyl (C=O) groups excluding carboxylic acids is 1. The van der Waals surface area contributed by atoms with Gasteiger partial charge in [0.25, 0.3) is 0 Å². The fourth-order valence-electron chi connectivity index (χ4n) is 5.15. The van der Waals surface area contributed by atoms with E-state index < -0.39 is 83.4 Å². The van der Waals surface area contributed by atoms with Crippen molar-refractivity contribution in [1.82, 2.24) is 0 Å². The van der Waals surface area contributed by atoms with Crippen LogP contribution in [0.2, 0.25) is 0 Å². The first-order chi connectivity index (χ1) is 19.8. The number of benzene rings is 2. The van der Waals surface area contributed by atoms with Crippen molar-refractivity contribution in [2.24, 2.45) is 0 Å². The van der Waals surface area contributed by atoms with Gasteiger partial charge in [-0.25, -0.2) is 0 Å². The van der Waals surface area contributed by atoms with Crippen LogP contribution in [0.15, 0.2) is 39.5 Å². The summed E-state index contributed by atoms with van der Waals surface area (Å²) in [5, 5.41) is 73.2. The minimum Gasteiger partial charge on any atom is -0.507 e. The maximum atomic E-state index is 13.2. The first-order valence-electron chi connectivity index (χ1n) is 13.0. The van der Waals surface area contributed by atoms with Gasteiger partial charge in [-0.1, -0.05) is 0 Å². The Balaban J connectivity index is 1.58. The first kappa shape index (κ1) is 29.7. The summed E-state index contributed by atoms with van der Waals surface area (Å²) < 4.78 is 27.7. The van der Waals surface area contributed by atoms with Gasteiger partial charge in [0, 0.05) is 17.7 Å². The molecule has 0 saturated carbocycles. The van der Waals surface area contributed by atoms with Crippen molar-refractivity contribution in [3.8, 4) is 34.3 Å². The zero-order chi connectivity index (χ0) is 30.6. The Kier molecular flexibility index (Phi) is 7.89. The van der Waals surface area contributed by atoms with E-state index >= 15 is 0 Å². The number of methoxy groups -OCH3 is 1. The van der Waals surface area contributed by atoms with Crippen LogP contribution < -0.4 is 10.2 Å². The Hall–Kier alpha value is -3.76. The van der Waals surface area contributed by atoms with Crippen LogP contribution in [0.4, 0.5) is 0 Å². The molecule has 2 aromatic carbocycles. The number of phenolic OH excluding ortho intramolecular Hbond substituents is 3. The molecule has 2 aliphatic heterocycles. The number of Topliss-reactive ketones (excluding diaryl/α,β-unsaturated/α-hetero) is 1. The predicted molar refractivity (Wildman–Crippen MR) is 141 cm³/mol. The predicted octanol–water partition coefficient (Wildman–Crippen LogP) is 0.188. The van der Waals surface area contributed by atoms with Gasteiger partial charge in [0.05, 0.1) is 18.8 Å². The fourth-order valence-corrected chi connectivity index (χ4v) is 5.15. The lowest BCUT2D eigenvalue weighted by molar-refractivity contribution is -0.323. The van der Waals surface area contributed by atoms with Crippen LogP contribution in [-0.4, -0.2) is 97.7 Å². The normalized spacial score (nSPS) is 31.8. The van der Waals surface area contributed by atoms with Crippen molar-refractivity contribution < 1.29 is 63.9 Å². The number of hydrogen-bond donors (Lipinski definition) is 7. The Morgan fingerprint density at radius 3 is 2.26 bits per heavy atom. The number of ether oxygens (including phenoxy) is 4. The third-order valence-electron chi connectivity index (χ3n) is 7.51. The molecule has 226 valence electrons. The summed E-state index contributed by atoms with van der Waals surface area (Å²) in [6, 6.07) is 6.33. The van der Waals surface area contributed by atoms with E-state index in [4.69, 9.17) is 23.4 Å². The quantitative estimate of drug-likeness (QED) is 0.211. The molecule has 2 aliphatic rings. The van der Waals surface area contributed by atoms with Gasteiger partial charge >= 0.3 is 0 Å². The zero-order valence-electron chi connectivity index (χ0n) is 22.6. The molecule has 0 unspecified atom stereocenters. The van der Waals surface area contributed by atoms with Crippen molar-refractivity contribution >= 4 is 16.8 Å². The molecule has 3 heterocycles.